The predicted octanol–water partition coefficient (Wildman–Crippen LogP) is 6.82. The van der Waals surface area contributed by atoms with E-state index in [1.54, 1.807) is 55.7 Å². The summed E-state index contributed by atoms with van der Waals surface area (Å²) < 4.78 is 11.5. The van der Waals surface area contributed by atoms with Crippen molar-refractivity contribution in [3.05, 3.63) is 98.4 Å². The molecule has 0 atom stereocenters. The third-order valence-corrected chi connectivity index (χ3v) is 6.65. The zero-order valence-electron chi connectivity index (χ0n) is 17.6. The zero-order valence-corrected chi connectivity index (χ0v) is 19.9. The van der Waals surface area contributed by atoms with Crippen LogP contribution in [0.4, 0.5) is 4.79 Å². The van der Waals surface area contributed by atoms with Gasteiger partial charge in [-0.3, -0.25) is 14.5 Å². The van der Waals surface area contributed by atoms with Crippen LogP contribution < -0.4 is 9.47 Å². The molecule has 1 aliphatic rings. The van der Waals surface area contributed by atoms with Gasteiger partial charge in [0.2, 0.25) is 0 Å². The van der Waals surface area contributed by atoms with Gasteiger partial charge < -0.3 is 9.47 Å². The quantitative estimate of drug-likeness (QED) is 0.334. The number of halogens is 2. The first-order chi connectivity index (χ1) is 16.0. The fourth-order valence-electron chi connectivity index (χ4n) is 3.30. The maximum atomic E-state index is 13.0. The summed E-state index contributed by atoms with van der Waals surface area (Å²) in [5.74, 6) is 0.578. The van der Waals surface area contributed by atoms with Crippen molar-refractivity contribution in [3.8, 4) is 11.5 Å². The molecule has 0 N–H and O–H groups in total. The second-order valence-electron chi connectivity index (χ2n) is 7.12. The third kappa shape index (κ3) is 5.19. The molecular formula is C25H19Cl2NO4S. The number of hydrogen-bond acceptors (Lipinski definition) is 5. The minimum atomic E-state index is -0.384. The van der Waals surface area contributed by atoms with Gasteiger partial charge in [0, 0.05) is 21.2 Å². The van der Waals surface area contributed by atoms with Crippen LogP contribution in [0.25, 0.3) is 6.08 Å². The molecule has 3 aromatic rings. The number of thioether (sulfide) groups is 1. The number of hydrogen-bond donors (Lipinski definition) is 0. The second kappa shape index (κ2) is 10.3. The summed E-state index contributed by atoms with van der Waals surface area (Å²) in [6.07, 6.45) is 1.64. The van der Waals surface area contributed by atoms with Crippen molar-refractivity contribution < 1.29 is 19.1 Å². The summed E-state index contributed by atoms with van der Waals surface area (Å²) in [4.78, 5) is 27.1. The molecule has 0 radical (unpaired) electrons. The number of nitrogens with zero attached hydrogens (tertiary/aromatic N) is 1. The molecule has 1 saturated heterocycles. The summed E-state index contributed by atoms with van der Waals surface area (Å²) in [5.41, 5.74) is 2.13. The largest absolute Gasteiger partial charge is 0.493 e. The summed E-state index contributed by atoms with van der Waals surface area (Å²) >= 11 is 13.3. The van der Waals surface area contributed by atoms with Crippen molar-refractivity contribution in [3.63, 3.8) is 0 Å². The first-order valence-electron chi connectivity index (χ1n) is 10.00. The molecule has 4 rings (SSSR count). The van der Waals surface area contributed by atoms with Crippen molar-refractivity contribution in [1.29, 1.82) is 0 Å². The summed E-state index contributed by atoms with van der Waals surface area (Å²) in [6.45, 7) is 0.324. The van der Waals surface area contributed by atoms with Crippen LogP contribution in [0.3, 0.4) is 0 Å². The fraction of sp³-hybridized carbons (Fsp3) is 0.120. The molecule has 168 valence electrons. The Hall–Kier alpha value is -2.93. The van der Waals surface area contributed by atoms with Crippen molar-refractivity contribution >= 4 is 52.2 Å². The van der Waals surface area contributed by atoms with Crippen LogP contribution in [0.1, 0.15) is 16.7 Å². The van der Waals surface area contributed by atoms with E-state index in [-0.39, 0.29) is 24.3 Å². The highest BCUT2D eigenvalue weighted by Crippen LogP contribution is 2.38. The molecule has 2 amide bonds. The summed E-state index contributed by atoms with van der Waals surface area (Å²) in [7, 11) is 1.54. The van der Waals surface area contributed by atoms with Crippen LogP contribution in [0.15, 0.2) is 71.6 Å². The number of benzene rings is 3. The minimum absolute atomic E-state index is 0.107. The molecule has 0 aromatic heterocycles. The monoisotopic (exact) mass is 499 g/mol. The Kier molecular flexibility index (Phi) is 7.28. The Labute approximate surface area is 205 Å². The molecule has 5 nitrogen and oxygen atoms in total. The van der Waals surface area contributed by atoms with Crippen LogP contribution in [0.5, 0.6) is 11.5 Å². The lowest BCUT2D eigenvalue weighted by atomic mass is 10.1. The first-order valence-corrected chi connectivity index (χ1v) is 11.6. The molecule has 0 unspecified atom stereocenters. The van der Waals surface area contributed by atoms with E-state index in [1.165, 1.54) is 4.90 Å². The number of methoxy groups -OCH3 is 1. The zero-order chi connectivity index (χ0) is 23.4. The smallest absolute Gasteiger partial charge is 0.293 e. The lowest BCUT2D eigenvalue weighted by Gasteiger charge is -2.15. The van der Waals surface area contributed by atoms with E-state index in [9.17, 15) is 9.59 Å². The van der Waals surface area contributed by atoms with Gasteiger partial charge in [-0.2, -0.15) is 0 Å². The fourth-order valence-corrected chi connectivity index (χ4v) is 4.52. The van der Waals surface area contributed by atoms with Crippen LogP contribution in [-0.2, 0) is 17.9 Å². The minimum Gasteiger partial charge on any atom is -0.493 e. The Morgan fingerprint density at radius 3 is 2.24 bits per heavy atom. The van der Waals surface area contributed by atoms with Crippen LogP contribution >= 0.6 is 35.0 Å². The van der Waals surface area contributed by atoms with E-state index < -0.39 is 0 Å². The molecule has 8 heteroatoms. The lowest BCUT2D eigenvalue weighted by molar-refractivity contribution is -0.123. The van der Waals surface area contributed by atoms with Crippen LogP contribution in [-0.4, -0.2) is 23.2 Å². The van der Waals surface area contributed by atoms with E-state index in [4.69, 9.17) is 32.7 Å². The van der Waals surface area contributed by atoms with Gasteiger partial charge in [-0.1, -0.05) is 71.7 Å². The summed E-state index contributed by atoms with van der Waals surface area (Å²) in [6, 6.07) is 19.9. The molecule has 0 aliphatic carbocycles. The van der Waals surface area contributed by atoms with E-state index in [1.807, 2.05) is 24.3 Å². The SMILES string of the molecule is COc1cccc(/C=C2\SC(=O)N(Cc3ccccc3Cl)C2=O)c1OCc1ccccc1Cl. The molecule has 33 heavy (non-hydrogen) atoms. The molecule has 3 aromatic carbocycles. The molecule has 0 saturated carbocycles. The van der Waals surface area contributed by atoms with Crippen molar-refractivity contribution in [1.82, 2.24) is 4.90 Å². The van der Waals surface area contributed by atoms with Gasteiger partial charge in [0.05, 0.1) is 18.6 Å². The van der Waals surface area contributed by atoms with Gasteiger partial charge in [-0.15, -0.1) is 0 Å². The molecule has 0 bridgehead atoms. The van der Waals surface area contributed by atoms with Crippen molar-refractivity contribution in [2.24, 2.45) is 0 Å². The normalized spacial score (nSPS) is 14.8. The average Bonchev–Trinajstić information content (AvgIpc) is 3.07. The number of carbonyl (C=O) groups is 2. The topological polar surface area (TPSA) is 55.8 Å². The maximum absolute atomic E-state index is 13.0. The van der Waals surface area contributed by atoms with Gasteiger partial charge in [0.15, 0.2) is 11.5 Å². The van der Waals surface area contributed by atoms with Crippen molar-refractivity contribution in [2.45, 2.75) is 13.2 Å². The number of imide groups is 1. The highest BCUT2D eigenvalue weighted by molar-refractivity contribution is 8.18. The molecule has 1 fully saturated rings. The second-order valence-corrected chi connectivity index (χ2v) is 8.93. The average molecular weight is 500 g/mol. The standard InChI is InChI=1S/C25H19Cl2NO4S/c1-31-21-12-6-9-16(23(21)32-15-18-8-3-5-11-20(18)27)13-22-24(29)28(25(30)33-22)14-17-7-2-4-10-19(17)26/h2-13H,14-15H2,1H3/b22-13-. The van der Waals surface area contributed by atoms with Gasteiger partial charge in [-0.05, 0) is 41.6 Å². The molecule has 1 aliphatic heterocycles. The van der Waals surface area contributed by atoms with E-state index in [2.05, 4.69) is 0 Å². The van der Waals surface area contributed by atoms with E-state index in [0.717, 1.165) is 17.3 Å². The Morgan fingerprint density at radius 2 is 1.58 bits per heavy atom. The number of ether oxygens (including phenoxy) is 2. The number of carbonyl (C=O) groups excluding carboxylic acids is 2. The third-order valence-electron chi connectivity index (χ3n) is 5.01. The number of para-hydroxylation sites is 1. The highest BCUT2D eigenvalue weighted by atomic mass is 35.5. The lowest BCUT2D eigenvalue weighted by Crippen LogP contribution is -2.27. The van der Waals surface area contributed by atoms with Gasteiger partial charge >= 0.3 is 0 Å². The van der Waals surface area contributed by atoms with Gasteiger partial charge in [0.1, 0.15) is 6.61 Å². The summed E-state index contributed by atoms with van der Waals surface area (Å²) in [5, 5.41) is 0.742. The highest BCUT2D eigenvalue weighted by Gasteiger charge is 2.35. The Morgan fingerprint density at radius 1 is 0.909 bits per heavy atom. The van der Waals surface area contributed by atoms with Crippen LogP contribution in [0.2, 0.25) is 10.0 Å². The Bertz CT molecular complexity index is 1240. The number of rotatable bonds is 7. The van der Waals surface area contributed by atoms with Crippen LogP contribution in [0, 0.1) is 0 Å². The molecular weight excluding hydrogens is 481 g/mol. The molecule has 0 spiro atoms. The Balaban J connectivity index is 1.60. The predicted molar refractivity (Wildman–Crippen MR) is 132 cm³/mol. The van der Waals surface area contributed by atoms with E-state index in [0.29, 0.717) is 37.6 Å². The van der Waals surface area contributed by atoms with Gasteiger partial charge in [-0.25, -0.2) is 0 Å². The van der Waals surface area contributed by atoms with Gasteiger partial charge in [0.25, 0.3) is 11.1 Å². The van der Waals surface area contributed by atoms with E-state index >= 15 is 0 Å². The maximum Gasteiger partial charge on any atom is 0.293 e. The van der Waals surface area contributed by atoms with Crippen molar-refractivity contribution in [2.75, 3.05) is 7.11 Å². The number of amides is 2. The molecule has 1 heterocycles. The first kappa shape index (κ1) is 23.2.